The van der Waals surface area contributed by atoms with Crippen LogP contribution >= 0.6 is 0 Å². The zero-order valence-electron chi connectivity index (χ0n) is 8.75. The fourth-order valence-electron chi connectivity index (χ4n) is 2.86. The lowest BCUT2D eigenvalue weighted by Crippen LogP contribution is -2.13. The van der Waals surface area contributed by atoms with Gasteiger partial charge in [0, 0.05) is 17.5 Å². The number of rotatable bonds is 2. The molecule has 1 nitrogen and oxygen atoms in total. The van der Waals surface area contributed by atoms with Gasteiger partial charge in [0.25, 0.3) is 0 Å². The molecule has 2 aliphatic rings. The van der Waals surface area contributed by atoms with Crippen molar-refractivity contribution in [2.24, 2.45) is 17.8 Å². The third-order valence-corrected chi connectivity index (χ3v) is 3.76. The minimum Gasteiger partial charge on any atom is -0.294 e. The topological polar surface area (TPSA) is 17.1 Å². The van der Waals surface area contributed by atoms with Crippen LogP contribution in [0.25, 0.3) is 0 Å². The van der Waals surface area contributed by atoms with Gasteiger partial charge in [0.1, 0.15) is 11.6 Å². The van der Waals surface area contributed by atoms with Crippen molar-refractivity contribution in [2.75, 3.05) is 0 Å². The Kier molecular flexibility index (Phi) is 2.09. The zero-order chi connectivity index (χ0) is 11.3. The molecule has 1 aromatic rings. The Morgan fingerprint density at radius 2 is 1.56 bits per heavy atom. The van der Waals surface area contributed by atoms with E-state index < -0.39 is 11.6 Å². The first-order valence-electron chi connectivity index (χ1n) is 5.64. The van der Waals surface area contributed by atoms with Gasteiger partial charge in [0.15, 0.2) is 5.78 Å². The summed E-state index contributed by atoms with van der Waals surface area (Å²) in [5.74, 6) is -0.0479. The Morgan fingerprint density at radius 3 is 2.12 bits per heavy atom. The predicted molar refractivity (Wildman–Crippen MR) is 55.0 cm³/mol. The third kappa shape index (κ3) is 1.64. The highest BCUT2D eigenvalue weighted by molar-refractivity contribution is 5.98. The summed E-state index contributed by atoms with van der Waals surface area (Å²) in [5, 5.41) is 0. The summed E-state index contributed by atoms with van der Waals surface area (Å²) in [5.41, 5.74) is 0.184. The van der Waals surface area contributed by atoms with E-state index in [9.17, 15) is 13.6 Å². The number of ketones is 1. The Bertz CT molecular complexity index is 425. The van der Waals surface area contributed by atoms with Gasteiger partial charge >= 0.3 is 0 Å². The SMILES string of the molecule is O=C(c1cc(F)cc(F)c1)C1CC2CC2C1. The van der Waals surface area contributed by atoms with Crippen LogP contribution in [0.1, 0.15) is 29.6 Å². The highest BCUT2D eigenvalue weighted by Gasteiger charge is 2.48. The summed E-state index contributed by atoms with van der Waals surface area (Å²) in [6.07, 6.45) is 3.05. The van der Waals surface area contributed by atoms with Crippen LogP contribution in [0.4, 0.5) is 8.78 Å². The fourth-order valence-corrected chi connectivity index (χ4v) is 2.86. The average Bonchev–Trinajstić information content (AvgIpc) is 2.83. The number of halogens is 2. The molecule has 16 heavy (non-hydrogen) atoms. The number of hydrogen-bond donors (Lipinski definition) is 0. The molecule has 84 valence electrons. The second kappa shape index (κ2) is 3.37. The molecule has 0 N–H and O–H groups in total. The Morgan fingerprint density at radius 1 is 1.00 bits per heavy atom. The second-order valence-corrected chi connectivity index (χ2v) is 4.95. The lowest BCUT2D eigenvalue weighted by atomic mass is 9.93. The molecule has 0 amide bonds. The summed E-state index contributed by atoms with van der Waals surface area (Å²) < 4.78 is 25.9. The Balaban J connectivity index is 1.83. The van der Waals surface area contributed by atoms with Gasteiger partial charge in [-0.1, -0.05) is 0 Å². The van der Waals surface area contributed by atoms with Gasteiger partial charge in [0.05, 0.1) is 0 Å². The number of benzene rings is 1. The molecule has 2 aliphatic carbocycles. The van der Waals surface area contributed by atoms with Crippen LogP contribution in [0.3, 0.4) is 0 Å². The van der Waals surface area contributed by atoms with Gasteiger partial charge in [-0.05, 0) is 43.2 Å². The molecule has 0 aliphatic heterocycles. The van der Waals surface area contributed by atoms with Crippen molar-refractivity contribution in [3.05, 3.63) is 35.4 Å². The van der Waals surface area contributed by atoms with Crippen LogP contribution in [-0.2, 0) is 0 Å². The van der Waals surface area contributed by atoms with E-state index in [2.05, 4.69) is 0 Å². The van der Waals surface area contributed by atoms with Crippen LogP contribution in [-0.4, -0.2) is 5.78 Å². The fraction of sp³-hybridized carbons (Fsp3) is 0.462. The standard InChI is InChI=1S/C13H12F2O/c14-11-4-10(5-12(15)6-11)13(16)9-2-7-1-8(7)3-9/h4-9H,1-3H2. The predicted octanol–water partition coefficient (Wildman–Crippen LogP) is 3.19. The van der Waals surface area contributed by atoms with E-state index in [1.807, 2.05) is 0 Å². The molecule has 1 aromatic carbocycles. The number of hydrogen-bond acceptors (Lipinski definition) is 1. The van der Waals surface area contributed by atoms with Crippen molar-refractivity contribution in [2.45, 2.75) is 19.3 Å². The van der Waals surface area contributed by atoms with Crippen molar-refractivity contribution in [1.29, 1.82) is 0 Å². The van der Waals surface area contributed by atoms with Gasteiger partial charge in [0.2, 0.25) is 0 Å². The lowest BCUT2D eigenvalue weighted by Gasteiger charge is -2.10. The molecule has 0 spiro atoms. The molecule has 2 unspecified atom stereocenters. The first kappa shape index (κ1) is 9.94. The highest BCUT2D eigenvalue weighted by Crippen LogP contribution is 2.54. The van der Waals surface area contributed by atoms with Crippen molar-refractivity contribution < 1.29 is 13.6 Å². The second-order valence-electron chi connectivity index (χ2n) is 4.95. The summed E-state index contributed by atoms with van der Waals surface area (Å²) in [4.78, 5) is 12.0. The highest BCUT2D eigenvalue weighted by atomic mass is 19.1. The van der Waals surface area contributed by atoms with Crippen LogP contribution in [0, 0.1) is 29.4 Å². The van der Waals surface area contributed by atoms with Gasteiger partial charge in [-0.2, -0.15) is 0 Å². The molecule has 0 heterocycles. The molecule has 0 bridgehead atoms. The van der Waals surface area contributed by atoms with Gasteiger partial charge in [-0.3, -0.25) is 4.79 Å². The quantitative estimate of drug-likeness (QED) is 0.702. The smallest absolute Gasteiger partial charge is 0.166 e. The normalized spacial score (nSPS) is 31.2. The minimum absolute atomic E-state index is 0.00931. The molecule has 2 saturated carbocycles. The maximum absolute atomic E-state index is 13.0. The lowest BCUT2D eigenvalue weighted by molar-refractivity contribution is 0.0913. The summed E-state index contributed by atoms with van der Waals surface area (Å²) in [6, 6.07) is 3.06. The molecule has 3 rings (SSSR count). The molecule has 0 saturated heterocycles. The van der Waals surface area contributed by atoms with E-state index in [0.717, 1.165) is 31.0 Å². The van der Waals surface area contributed by atoms with Crippen molar-refractivity contribution in [3.63, 3.8) is 0 Å². The average molecular weight is 222 g/mol. The summed E-state index contributed by atoms with van der Waals surface area (Å²) in [6.45, 7) is 0. The molecule has 2 fully saturated rings. The van der Waals surface area contributed by atoms with Crippen LogP contribution in [0.2, 0.25) is 0 Å². The van der Waals surface area contributed by atoms with Gasteiger partial charge in [-0.25, -0.2) is 8.78 Å². The zero-order valence-corrected chi connectivity index (χ0v) is 8.75. The van der Waals surface area contributed by atoms with E-state index >= 15 is 0 Å². The number of carbonyl (C=O) groups is 1. The largest absolute Gasteiger partial charge is 0.294 e. The van der Waals surface area contributed by atoms with Crippen molar-refractivity contribution in [3.8, 4) is 0 Å². The summed E-state index contributed by atoms with van der Waals surface area (Å²) in [7, 11) is 0. The number of fused-ring (bicyclic) bond motifs is 1. The Hall–Kier alpha value is -1.25. The minimum atomic E-state index is -0.675. The van der Waals surface area contributed by atoms with Gasteiger partial charge in [-0.15, -0.1) is 0 Å². The van der Waals surface area contributed by atoms with Gasteiger partial charge < -0.3 is 0 Å². The molecular formula is C13H12F2O. The number of carbonyl (C=O) groups excluding carboxylic acids is 1. The van der Waals surface area contributed by atoms with Crippen molar-refractivity contribution in [1.82, 2.24) is 0 Å². The molecule has 3 heteroatoms. The molecule has 0 aromatic heterocycles. The van der Waals surface area contributed by atoms with E-state index in [1.165, 1.54) is 6.42 Å². The maximum Gasteiger partial charge on any atom is 0.166 e. The molecule has 2 atom stereocenters. The molecular weight excluding hydrogens is 210 g/mol. The maximum atomic E-state index is 13.0. The summed E-state index contributed by atoms with van der Waals surface area (Å²) >= 11 is 0. The van der Waals surface area contributed by atoms with Crippen LogP contribution in [0.5, 0.6) is 0 Å². The monoisotopic (exact) mass is 222 g/mol. The van der Waals surface area contributed by atoms with E-state index in [-0.39, 0.29) is 17.3 Å². The first-order chi connectivity index (χ1) is 7.63. The third-order valence-electron chi connectivity index (χ3n) is 3.76. The molecule has 0 radical (unpaired) electrons. The first-order valence-corrected chi connectivity index (χ1v) is 5.64. The number of Topliss-reactive ketones (excluding diaryl/α,β-unsaturated/α-hetero) is 1. The van der Waals surface area contributed by atoms with E-state index in [0.29, 0.717) is 11.8 Å². The van der Waals surface area contributed by atoms with E-state index in [4.69, 9.17) is 0 Å². The van der Waals surface area contributed by atoms with E-state index in [1.54, 1.807) is 0 Å². The van der Waals surface area contributed by atoms with Crippen LogP contribution < -0.4 is 0 Å². The van der Waals surface area contributed by atoms with Crippen molar-refractivity contribution >= 4 is 5.78 Å². The Labute approximate surface area is 92.5 Å². The van der Waals surface area contributed by atoms with Crippen LogP contribution in [0.15, 0.2) is 18.2 Å².